The van der Waals surface area contributed by atoms with Gasteiger partial charge in [-0.3, -0.25) is 0 Å². The second kappa shape index (κ2) is 19.0. The number of halogens is 18. The van der Waals surface area contributed by atoms with Crippen molar-refractivity contribution < 1.29 is 114 Å². The topological polar surface area (TPSA) is 191 Å². The number of aromatic carboxylic acids is 1. The number of ether oxygens (including phenoxy) is 1. The van der Waals surface area contributed by atoms with Crippen molar-refractivity contribution in [2.24, 2.45) is 14.1 Å². The van der Waals surface area contributed by atoms with E-state index in [0.717, 1.165) is 38.7 Å². The quantitative estimate of drug-likeness (QED) is 0.102. The van der Waals surface area contributed by atoms with Gasteiger partial charge in [0.05, 0.1) is 40.7 Å². The Morgan fingerprint density at radius 1 is 0.612 bits per heavy atom. The molecule has 0 spiro atoms. The molecule has 4 aromatic heterocycles. The number of alkyl halides is 16. The molecule has 0 fully saturated rings. The zero-order chi connectivity index (χ0) is 49.2. The van der Waals surface area contributed by atoms with Crippen LogP contribution >= 0.6 is 23.2 Å². The molecule has 0 saturated heterocycles. The Labute approximate surface area is 382 Å². The number of esters is 1. The molecule has 34 heteroatoms. The molecule has 0 saturated carbocycles. The molecule has 6 rings (SSSR count). The van der Waals surface area contributed by atoms with Crippen LogP contribution in [-0.4, -0.2) is 91.5 Å². The summed E-state index contributed by atoms with van der Waals surface area (Å²) in [5.41, 5.74) is -10.5. The predicted octanol–water partition coefficient (Wildman–Crippen LogP) is 6.30. The van der Waals surface area contributed by atoms with E-state index in [0.29, 0.717) is 16.4 Å². The monoisotopic (exact) mass is 1020 g/mol. The number of carbonyl (C=O) groups is 2. The van der Waals surface area contributed by atoms with Gasteiger partial charge in [0.2, 0.25) is 0 Å². The zero-order valence-corrected chi connectivity index (χ0v) is 34.5. The number of carboxylic acid groups (broad SMARTS) is 1. The van der Waals surface area contributed by atoms with Crippen molar-refractivity contribution in [2.75, 3.05) is 7.11 Å². The van der Waals surface area contributed by atoms with Gasteiger partial charge < -0.3 is 15.3 Å². The Morgan fingerprint density at radius 2 is 0.955 bits per heavy atom. The molecule has 2 N–H and O–H groups in total. The van der Waals surface area contributed by atoms with Crippen LogP contribution in [0, 0.1) is 0 Å². The Bertz CT molecular complexity index is 2800. The third-order valence-corrected chi connectivity index (χ3v) is 9.15. The van der Waals surface area contributed by atoms with Gasteiger partial charge in [-0.2, -0.15) is 80.4 Å². The van der Waals surface area contributed by atoms with Crippen LogP contribution in [0.3, 0.4) is 0 Å². The maximum Gasteiger partial charge on any atom is 1.00 e. The van der Waals surface area contributed by atoms with Crippen LogP contribution in [-0.2, 0) is 43.0 Å². The molecule has 0 aliphatic heterocycles. The summed E-state index contributed by atoms with van der Waals surface area (Å²) in [5, 5.41) is 28.4. The van der Waals surface area contributed by atoms with Gasteiger partial charge >= 0.3 is 67.3 Å². The fourth-order valence-electron chi connectivity index (χ4n) is 5.58. The van der Waals surface area contributed by atoms with Crippen LogP contribution in [0.1, 0.15) is 43.2 Å². The minimum Gasteiger partial charge on any atom is -0.870 e. The van der Waals surface area contributed by atoms with Crippen LogP contribution in [0.25, 0.3) is 34.2 Å². The fourth-order valence-corrected chi connectivity index (χ4v) is 5.98. The average molecular weight is 1020 g/mol. The van der Waals surface area contributed by atoms with Gasteiger partial charge in [-0.1, -0.05) is 45.8 Å². The van der Waals surface area contributed by atoms with E-state index in [-0.39, 0.29) is 77.4 Å². The van der Waals surface area contributed by atoms with E-state index in [1.165, 1.54) is 24.3 Å². The first-order valence-corrected chi connectivity index (χ1v) is 17.4. The molecule has 0 atom stereocenters. The molecule has 358 valence electrons. The molecule has 0 bridgehead atoms. The van der Waals surface area contributed by atoms with E-state index < -0.39 is 82.6 Å². The zero-order valence-electron chi connectivity index (χ0n) is 33.0. The molecule has 2 aromatic carbocycles. The van der Waals surface area contributed by atoms with E-state index in [1.54, 1.807) is 0 Å². The van der Waals surface area contributed by atoms with E-state index in [2.05, 4.69) is 35.6 Å². The maximum atomic E-state index is 13.8. The molecular weight excluding hydrogens is 998 g/mol. The predicted molar refractivity (Wildman–Crippen MR) is 187 cm³/mol. The van der Waals surface area contributed by atoms with Gasteiger partial charge in [0.15, 0.2) is 23.0 Å². The normalized spacial score (nSPS) is 12.5. The van der Waals surface area contributed by atoms with Crippen molar-refractivity contribution in [3.63, 3.8) is 0 Å². The summed E-state index contributed by atoms with van der Waals surface area (Å²) in [6.07, 6.45) is -22.4. The van der Waals surface area contributed by atoms with Crippen molar-refractivity contribution in [1.29, 1.82) is 0 Å². The van der Waals surface area contributed by atoms with Crippen molar-refractivity contribution >= 4 is 35.1 Å². The summed E-state index contributed by atoms with van der Waals surface area (Å²) < 4.78 is 219. The summed E-state index contributed by atoms with van der Waals surface area (Å²) in [6, 6.07) is 7.19. The molecule has 0 aliphatic carbocycles. The van der Waals surface area contributed by atoms with Crippen molar-refractivity contribution in [2.45, 2.75) is 36.6 Å². The Balaban J connectivity index is 0.000000345. The molecule has 0 amide bonds. The van der Waals surface area contributed by atoms with Crippen LogP contribution in [0.4, 0.5) is 70.2 Å². The van der Waals surface area contributed by atoms with E-state index >= 15 is 0 Å². The minimum absolute atomic E-state index is 0. The van der Waals surface area contributed by atoms with Gasteiger partial charge in [0.25, 0.3) is 0 Å². The SMILES string of the molecule is COC(=O)c1cc(-c2cn(-c3c(C(F)(F)F)c(C(F)(F)C(F)(F)F)nn3C)nn2)ccc1Cl.Cn1nc(C(F)(F)C(F)(F)F)c(C(F)(F)F)c1-n1cc(-c2ccc(Cl)c(C(=O)O)c2)nn1.[Li+].[OH-]. The van der Waals surface area contributed by atoms with Crippen molar-refractivity contribution in [3.05, 3.63) is 92.5 Å². The maximum absolute atomic E-state index is 13.8. The largest absolute Gasteiger partial charge is 1.00 e. The number of carboxylic acids is 1. The summed E-state index contributed by atoms with van der Waals surface area (Å²) in [6.45, 7) is 0. The first-order valence-electron chi connectivity index (χ1n) is 16.6. The van der Waals surface area contributed by atoms with Gasteiger partial charge in [0, 0.05) is 25.2 Å². The molecule has 4 heterocycles. The van der Waals surface area contributed by atoms with Gasteiger partial charge in [-0.05, 0) is 24.3 Å². The summed E-state index contributed by atoms with van der Waals surface area (Å²) in [7, 11) is 2.53. The Morgan fingerprint density at radius 3 is 1.27 bits per heavy atom. The Hall–Kier alpha value is -5.90. The van der Waals surface area contributed by atoms with Crippen LogP contribution in [0.15, 0.2) is 48.8 Å². The second-order valence-electron chi connectivity index (χ2n) is 12.8. The van der Waals surface area contributed by atoms with Gasteiger partial charge in [0.1, 0.15) is 22.5 Å². The number of carbonyl (C=O) groups excluding carboxylic acids is 1. The molecule has 15 nitrogen and oxygen atoms in total. The van der Waals surface area contributed by atoms with Crippen molar-refractivity contribution in [1.82, 2.24) is 49.5 Å². The van der Waals surface area contributed by atoms with Crippen LogP contribution < -0.4 is 18.9 Å². The first-order chi connectivity index (χ1) is 29.6. The summed E-state index contributed by atoms with van der Waals surface area (Å²) >= 11 is 11.6. The van der Waals surface area contributed by atoms with Crippen LogP contribution in [0.2, 0.25) is 10.0 Å². The van der Waals surface area contributed by atoms with E-state index in [1.807, 2.05) is 0 Å². The smallest absolute Gasteiger partial charge is 0.870 e. The number of aromatic nitrogens is 10. The number of methoxy groups -OCH3 is 1. The summed E-state index contributed by atoms with van der Waals surface area (Å²) in [5.74, 6) is -16.6. The van der Waals surface area contributed by atoms with Gasteiger partial charge in [-0.15, -0.1) is 10.2 Å². The molecule has 0 aliphatic rings. The molecule has 67 heavy (non-hydrogen) atoms. The Kier molecular flexibility index (Phi) is 15.7. The third-order valence-electron chi connectivity index (χ3n) is 8.49. The van der Waals surface area contributed by atoms with Crippen LogP contribution in [0.5, 0.6) is 0 Å². The van der Waals surface area contributed by atoms with E-state index in [9.17, 15) is 79.8 Å². The number of benzene rings is 2. The number of rotatable bonds is 8. The number of hydrogen-bond donors (Lipinski definition) is 1. The first kappa shape index (κ1) is 55.4. The van der Waals surface area contributed by atoms with E-state index in [4.69, 9.17) is 28.3 Å². The van der Waals surface area contributed by atoms with Crippen molar-refractivity contribution in [3.8, 4) is 34.2 Å². The standard InChI is InChI=1S/C17H10ClF8N5O2.C16H8ClF8N5O2.Li.H2O/c1-30-13(11(16(21,22)23)12(28-30)15(19,20)17(24,25)26)31-6-10(27-29-31)7-3-4-9(18)8(5-7)14(32)33-2;1-29-12(10(15(20,21)22)11(27-29)14(18,19)16(23,24)25)30-5-9(26-28-30)6-2-3-8(17)7(4-6)13(31)32;;/h3-6H,1-2H3;2-5H,1H3,(H,31,32);;1H2/q;;+1;/p-1. The average Bonchev–Trinajstić information content (AvgIpc) is 3.99. The molecule has 6 aromatic rings. The molecule has 0 radical (unpaired) electrons. The third kappa shape index (κ3) is 10.6. The fraction of sp³-hybridized carbons (Fsp3) is 0.273. The second-order valence-corrected chi connectivity index (χ2v) is 13.6. The molecule has 0 unspecified atom stereocenters. The molecular formula is C33H19Cl2F16LiN10O5. The minimum atomic E-state index is -6.34. The summed E-state index contributed by atoms with van der Waals surface area (Å²) in [4.78, 5) is 23.0. The number of hydrogen-bond acceptors (Lipinski definition) is 10. The number of nitrogens with zero attached hydrogens (tertiary/aromatic N) is 10. The number of aryl methyl sites for hydroxylation is 2. The van der Waals surface area contributed by atoms with Gasteiger partial charge in [-0.25, -0.2) is 28.3 Å².